The third kappa shape index (κ3) is 2.57. The molecule has 2 N–H and O–H groups in total. The van der Waals surface area contributed by atoms with E-state index in [0.717, 1.165) is 16.6 Å². The normalized spacial score (nSPS) is 17.8. The van der Waals surface area contributed by atoms with Crippen molar-refractivity contribution in [3.05, 3.63) is 47.0 Å². The second-order valence-corrected chi connectivity index (χ2v) is 6.48. The fraction of sp³-hybridized carbons (Fsp3) is 0.188. The first-order valence-corrected chi connectivity index (χ1v) is 8.19. The van der Waals surface area contributed by atoms with Gasteiger partial charge < -0.3 is 10.3 Å². The number of hydrogen-bond acceptors (Lipinski definition) is 5. The lowest BCUT2D eigenvalue weighted by atomic mass is 10.1. The first kappa shape index (κ1) is 15.2. The molecule has 122 valence electrons. The summed E-state index contributed by atoms with van der Waals surface area (Å²) in [5, 5.41) is 8.01. The van der Waals surface area contributed by atoms with Gasteiger partial charge >= 0.3 is 0 Å². The number of allylic oxidation sites excluding steroid dienone is 4. The van der Waals surface area contributed by atoms with Gasteiger partial charge in [0, 0.05) is 11.6 Å². The zero-order valence-electron chi connectivity index (χ0n) is 12.5. The fourth-order valence-electron chi connectivity index (χ4n) is 2.75. The Balaban J connectivity index is 1.83. The molecule has 3 aromatic rings. The predicted molar refractivity (Wildman–Crippen MR) is 93.7 cm³/mol. The van der Waals surface area contributed by atoms with E-state index in [1.807, 2.05) is 34.9 Å². The Morgan fingerprint density at radius 3 is 2.88 bits per heavy atom. The summed E-state index contributed by atoms with van der Waals surface area (Å²) in [4.78, 5) is 4.63. The van der Waals surface area contributed by atoms with Crippen LogP contribution >= 0.6 is 23.2 Å². The lowest BCUT2D eigenvalue weighted by Crippen LogP contribution is -2.08. The summed E-state index contributed by atoms with van der Waals surface area (Å²) in [6.45, 7) is 0.571. The average molecular weight is 362 g/mol. The quantitative estimate of drug-likeness (QED) is 0.718. The van der Waals surface area contributed by atoms with Crippen LogP contribution in [0.2, 0.25) is 0 Å². The third-order valence-electron chi connectivity index (χ3n) is 3.93. The summed E-state index contributed by atoms with van der Waals surface area (Å²) in [6.07, 6.45) is 4.67. The van der Waals surface area contributed by atoms with Crippen molar-refractivity contribution in [2.24, 2.45) is 0 Å². The van der Waals surface area contributed by atoms with Crippen LogP contribution in [-0.4, -0.2) is 25.2 Å². The Morgan fingerprint density at radius 2 is 2.12 bits per heavy atom. The summed E-state index contributed by atoms with van der Waals surface area (Å²) in [6, 6.07) is 7.82. The molecule has 1 atom stereocenters. The largest absolute Gasteiger partial charge is 0.379 e. The van der Waals surface area contributed by atoms with E-state index in [2.05, 4.69) is 21.4 Å². The number of nitrogens with two attached hydrogens (primary N) is 1. The third-order valence-corrected chi connectivity index (χ3v) is 4.83. The number of fused-ring (bicyclic) bond motifs is 1. The Hall–Kier alpha value is -2.31. The molecule has 6 nitrogen and oxygen atoms in total. The number of imidazole rings is 1. The average Bonchev–Trinajstić information content (AvgIpc) is 3.15. The molecular weight excluding hydrogens is 349 g/mol. The minimum Gasteiger partial charge on any atom is -0.379 e. The second-order valence-electron chi connectivity index (χ2n) is 5.52. The monoisotopic (exact) mass is 361 g/mol. The van der Waals surface area contributed by atoms with Gasteiger partial charge in [0.25, 0.3) is 0 Å². The SMILES string of the molecule is Nc1nonc1-c1nc2ccccc2n1CC1=CCC(Cl)C(Cl)=C1. The molecule has 0 amide bonds. The maximum Gasteiger partial charge on any atom is 0.199 e. The molecule has 0 aliphatic heterocycles. The second kappa shape index (κ2) is 5.96. The predicted octanol–water partition coefficient (Wildman–Crippen LogP) is 3.73. The minimum absolute atomic E-state index is 0.162. The van der Waals surface area contributed by atoms with Gasteiger partial charge in [0.15, 0.2) is 17.3 Å². The zero-order valence-corrected chi connectivity index (χ0v) is 14.0. The van der Waals surface area contributed by atoms with Crippen LogP contribution in [0.3, 0.4) is 0 Å². The first-order valence-electron chi connectivity index (χ1n) is 7.37. The van der Waals surface area contributed by atoms with Gasteiger partial charge in [-0.3, -0.25) is 0 Å². The maximum absolute atomic E-state index is 6.19. The van der Waals surface area contributed by atoms with Crippen molar-refractivity contribution in [2.75, 3.05) is 5.73 Å². The number of halogens is 2. The van der Waals surface area contributed by atoms with Gasteiger partial charge in [0.2, 0.25) is 0 Å². The van der Waals surface area contributed by atoms with Gasteiger partial charge in [0.1, 0.15) is 0 Å². The van der Waals surface area contributed by atoms with Crippen LogP contribution in [0.1, 0.15) is 6.42 Å². The standard InChI is InChI=1S/C16H13Cl2N5O/c17-10-6-5-9(7-11(10)18)8-23-13-4-2-1-3-12(13)20-16(23)14-15(19)22-24-21-14/h1-5,7,10H,6,8H2,(H2,19,22). The number of aromatic nitrogens is 4. The molecule has 1 unspecified atom stereocenters. The van der Waals surface area contributed by atoms with Gasteiger partial charge in [-0.05, 0) is 40.5 Å². The molecule has 1 aliphatic rings. The Morgan fingerprint density at radius 1 is 1.29 bits per heavy atom. The van der Waals surface area contributed by atoms with E-state index in [4.69, 9.17) is 33.6 Å². The first-order chi connectivity index (χ1) is 11.6. The van der Waals surface area contributed by atoms with Crippen LogP contribution in [0.5, 0.6) is 0 Å². The van der Waals surface area contributed by atoms with Gasteiger partial charge in [0.05, 0.1) is 16.4 Å². The van der Waals surface area contributed by atoms with Crippen LogP contribution in [-0.2, 0) is 6.54 Å². The number of anilines is 1. The highest BCUT2D eigenvalue weighted by Crippen LogP contribution is 2.30. The number of nitrogens with zero attached hydrogens (tertiary/aromatic N) is 4. The summed E-state index contributed by atoms with van der Waals surface area (Å²) < 4.78 is 6.75. The summed E-state index contributed by atoms with van der Waals surface area (Å²) in [5.74, 6) is 0.812. The molecule has 0 spiro atoms. The smallest absolute Gasteiger partial charge is 0.199 e. The molecule has 0 saturated carbocycles. The van der Waals surface area contributed by atoms with Crippen molar-refractivity contribution in [2.45, 2.75) is 18.3 Å². The lowest BCUT2D eigenvalue weighted by Gasteiger charge is -2.16. The molecular formula is C16H13Cl2N5O. The molecule has 24 heavy (non-hydrogen) atoms. The van der Waals surface area contributed by atoms with Crippen molar-refractivity contribution < 1.29 is 4.63 Å². The number of alkyl halides is 1. The Labute approximate surface area is 147 Å². The van der Waals surface area contributed by atoms with E-state index >= 15 is 0 Å². The highest BCUT2D eigenvalue weighted by molar-refractivity contribution is 6.37. The van der Waals surface area contributed by atoms with Crippen molar-refractivity contribution >= 4 is 40.1 Å². The van der Waals surface area contributed by atoms with Gasteiger partial charge in [-0.15, -0.1) is 11.6 Å². The number of hydrogen-bond donors (Lipinski definition) is 1. The van der Waals surface area contributed by atoms with Gasteiger partial charge in [-0.1, -0.05) is 29.8 Å². The van der Waals surface area contributed by atoms with E-state index < -0.39 is 0 Å². The number of para-hydroxylation sites is 2. The van der Waals surface area contributed by atoms with Crippen molar-refractivity contribution in [3.8, 4) is 11.5 Å². The summed E-state index contributed by atoms with van der Waals surface area (Å²) >= 11 is 12.3. The molecule has 0 radical (unpaired) electrons. The summed E-state index contributed by atoms with van der Waals surface area (Å²) in [5.41, 5.74) is 9.14. The molecule has 4 rings (SSSR count). The van der Waals surface area contributed by atoms with E-state index in [1.165, 1.54) is 0 Å². The van der Waals surface area contributed by atoms with E-state index in [0.29, 0.717) is 29.5 Å². The highest BCUT2D eigenvalue weighted by Gasteiger charge is 2.20. The molecule has 0 fully saturated rings. The molecule has 2 heterocycles. The topological polar surface area (TPSA) is 82.8 Å². The lowest BCUT2D eigenvalue weighted by molar-refractivity contribution is 0.310. The molecule has 2 aromatic heterocycles. The van der Waals surface area contributed by atoms with Gasteiger partial charge in [-0.25, -0.2) is 9.61 Å². The van der Waals surface area contributed by atoms with Crippen LogP contribution < -0.4 is 5.73 Å². The Bertz CT molecular complexity index is 972. The molecule has 1 aromatic carbocycles. The highest BCUT2D eigenvalue weighted by atomic mass is 35.5. The van der Waals surface area contributed by atoms with E-state index in [9.17, 15) is 0 Å². The van der Waals surface area contributed by atoms with E-state index in [1.54, 1.807) is 0 Å². The molecule has 1 aliphatic carbocycles. The van der Waals surface area contributed by atoms with Crippen molar-refractivity contribution in [1.82, 2.24) is 19.9 Å². The summed E-state index contributed by atoms with van der Waals surface area (Å²) in [7, 11) is 0. The number of nitrogen functional groups attached to an aromatic ring is 1. The number of benzene rings is 1. The van der Waals surface area contributed by atoms with Crippen molar-refractivity contribution in [1.29, 1.82) is 0 Å². The van der Waals surface area contributed by atoms with Crippen LogP contribution in [0.25, 0.3) is 22.6 Å². The Kier molecular flexibility index (Phi) is 3.78. The molecule has 0 saturated heterocycles. The fourth-order valence-corrected chi connectivity index (χ4v) is 3.13. The van der Waals surface area contributed by atoms with E-state index in [-0.39, 0.29) is 11.2 Å². The number of rotatable bonds is 3. The van der Waals surface area contributed by atoms with Crippen LogP contribution in [0.4, 0.5) is 5.82 Å². The van der Waals surface area contributed by atoms with Crippen molar-refractivity contribution in [3.63, 3.8) is 0 Å². The maximum atomic E-state index is 6.19. The molecule has 8 heteroatoms. The van der Waals surface area contributed by atoms with Gasteiger partial charge in [-0.2, -0.15) is 0 Å². The zero-order chi connectivity index (χ0) is 16.7. The van der Waals surface area contributed by atoms with Crippen LogP contribution in [0.15, 0.2) is 51.7 Å². The minimum atomic E-state index is -0.162. The van der Waals surface area contributed by atoms with Crippen LogP contribution in [0, 0.1) is 0 Å². The molecule has 0 bridgehead atoms.